The number of rotatable bonds is 15. The third kappa shape index (κ3) is 10.1. The number of alkyl carbamates (subject to hydrolysis) is 1. The van der Waals surface area contributed by atoms with Crippen LogP contribution in [-0.4, -0.2) is 41.0 Å². The Kier molecular flexibility index (Phi) is 11.9. The van der Waals surface area contributed by atoms with E-state index >= 15 is 0 Å². The highest BCUT2D eigenvalue weighted by molar-refractivity contribution is 5.91. The van der Waals surface area contributed by atoms with Gasteiger partial charge in [-0.2, -0.15) is 0 Å². The number of esters is 2. The molecule has 48 heavy (non-hydrogen) atoms. The average Bonchev–Trinajstić information content (AvgIpc) is 3.54. The van der Waals surface area contributed by atoms with Gasteiger partial charge in [0.2, 0.25) is 5.91 Å². The number of H-pyrrole nitrogens is 1. The van der Waals surface area contributed by atoms with Crippen LogP contribution in [0.25, 0.3) is 10.9 Å². The molecule has 1 aromatic heterocycles. The first-order valence-corrected chi connectivity index (χ1v) is 15.7. The van der Waals surface area contributed by atoms with Gasteiger partial charge in [-0.05, 0) is 34.7 Å². The second-order valence-corrected chi connectivity index (χ2v) is 11.2. The summed E-state index contributed by atoms with van der Waals surface area (Å²) in [7, 11) is 0. The van der Waals surface area contributed by atoms with Gasteiger partial charge in [-0.1, -0.05) is 109 Å². The highest BCUT2D eigenvalue weighted by atomic mass is 16.6. The molecule has 2 atom stereocenters. The SMILES string of the molecule is O=C(CC[C@H](NC(=O)[C@@H](Cc1c[nH]c2ccccc12)NC(=O)OCc1ccccc1)C(=O)OCc1ccccc1)OCc1ccccc1. The first-order chi connectivity index (χ1) is 23.4. The quantitative estimate of drug-likeness (QED) is 0.0972. The number of carbonyl (C=O) groups excluding carboxylic acids is 4. The molecule has 10 heteroatoms. The van der Waals surface area contributed by atoms with Gasteiger partial charge in [0.05, 0.1) is 0 Å². The predicted octanol–water partition coefficient (Wildman–Crippen LogP) is 5.76. The van der Waals surface area contributed by atoms with Gasteiger partial charge in [-0.25, -0.2) is 9.59 Å². The normalized spacial score (nSPS) is 12.0. The van der Waals surface area contributed by atoms with Crippen molar-refractivity contribution in [2.45, 2.75) is 51.2 Å². The Labute approximate surface area is 278 Å². The summed E-state index contributed by atoms with van der Waals surface area (Å²) in [6.45, 7) is 0.0673. The molecule has 0 aliphatic rings. The van der Waals surface area contributed by atoms with Crippen LogP contribution in [0, 0.1) is 0 Å². The molecule has 0 unspecified atom stereocenters. The van der Waals surface area contributed by atoms with Gasteiger partial charge in [0.15, 0.2) is 0 Å². The maximum Gasteiger partial charge on any atom is 0.408 e. The predicted molar refractivity (Wildman–Crippen MR) is 179 cm³/mol. The summed E-state index contributed by atoms with van der Waals surface area (Å²) in [5.74, 6) is -1.90. The lowest BCUT2D eigenvalue weighted by Gasteiger charge is -2.22. The first-order valence-electron chi connectivity index (χ1n) is 15.7. The van der Waals surface area contributed by atoms with Crippen molar-refractivity contribution in [3.05, 3.63) is 144 Å². The number of ether oxygens (including phenoxy) is 3. The number of fused-ring (bicyclic) bond motifs is 1. The minimum absolute atomic E-state index is 0.00757. The summed E-state index contributed by atoms with van der Waals surface area (Å²) >= 11 is 0. The lowest BCUT2D eigenvalue weighted by Crippen LogP contribution is -2.53. The Morgan fingerprint density at radius 2 is 1.15 bits per heavy atom. The molecule has 0 radical (unpaired) electrons. The Balaban J connectivity index is 1.29. The second-order valence-electron chi connectivity index (χ2n) is 11.2. The van der Waals surface area contributed by atoms with E-state index in [1.54, 1.807) is 6.20 Å². The summed E-state index contributed by atoms with van der Waals surface area (Å²) in [5.41, 5.74) is 4.02. The molecule has 246 valence electrons. The molecule has 0 fully saturated rings. The third-order valence-electron chi connectivity index (χ3n) is 7.62. The van der Waals surface area contributed by atoms with Gasteiger partial charge in [-0.3, -0.25) is 9.59 Å². The van der Waals surface area contributed by atoms with Gasteiger partial charge in [-0.15, -0.1) is 0 Å². The molecular weight excluding hydrogens is 610 g/mol. The Morgan fingerprint density at radius 3 is 1.77 bits per heavy atom. The van der Waals surface area contributed by atoms with Gasteiger partial charge in [0.1, 0.15) is 31.9 Å². The van der Waals surface area contributed by atoms with Crippen molar-refractivity contribution in [1.82, 2.24) is 15.6 Å². The molecule has 3 N–H and O–H groups in total. The molecule has 0 spiro atoms. The van der Waals surface area contributed by atoms with E-state index in [1.165, 1.54) is 0 Å². The molecule has 0 saturated heterocycles. The Morgan fingerprint density at radius 1 is 0.604 bits per heavy atom. The van der Waals surface area contributed by atoms with Crippen LogP contribution in [0.5, 0.6) is 0 Å². The van der Waals surface area contributed by atoms with Crippen molar-refractivity contribution in [1.29, 1.82) is 0 Å². The molecule has 2 amide bonds. The van der Waals surface area contributed by atoms with E-state index in [-0.39, 0.29) is 39.1 Å². The molecule has 4 aromatic carbocycles. The Bertz CT molecular complexity index is 1790. The minimum Gasteiger partial charge on any atom is -0.461 e. The van der Waals surface area contributed by atoms with Crippen LogP contribution in [0.4, 0.5) is 4.79 Å². The van der Waals surface area contributed by atoms with Crippen molar-refractivity contribution < 1.29 is 33.4 Å². The molecule has 5 aromatic rings. The number of amides is 2. The molecule has 0 aliphatic heterocycles. The minimum atomic E-state index is -1.20. The number of hydrogen-bond acceptors (Lipinski definition) is 7. The van der Waals surface area contributed by atoms with Gasteiger partial charge in [0, 0.05) is 29.9 Å². The molecule has 0 bridgehead atoms. The highest BCUT2D eigenvalue weighted by Gasteiger charge is 2.30. The van der Waals surface area contributed by atoms with Gasteiger partial charge in [0.25, 0.3) is 0 Å². The fourth-order valence-corrected chi connectivity index (χ4v) is 5.06. The van der Waals surface area contributed by atoms with Crippen LogP contribution >= 0.6 is 0 Å². The zero-order valence-electron chi connectivity index (χ0n) is 26.3. The van der Waals surface area contributed by atoms with Crippen LogP contribution in [-0.2, 0) is 54.8 Å². The molecule has 1 heterocycles. The van der Waals surface area contributed by atoms with Crippen LogP contribution in [0.3, 0.4) is 0 Å². The van der Waals surface area contributed by atoms with Crippen molar-refractivity contribution in [2.75, 3.05) is 0 Å². The smallest absolute Gasteiger partial charge is 0.408 e. The van der Waals surface area contributed by atoms with E-state index in [0.717, 1.165) is 33.2 Å². The zero-order chi connectivity index (χ0) is 33.6. The van der Waals surface area contributed by atoms with Gasteiger partial charge < -0.3 is 29.8 Å². The average molecular weight is 648 g/mol. The number of aromatic nitrogens is 1. The number of para-hydroxylation sites is 1. The summed E-state index contributed by atoms with van der Waals surface area (Å²) in [4.78, 5) is 55.9. The Hall–Kier alpha value is -5.90. The van der Waals surface area contributed by atoms with E-state index in [0.29, 0.717) is 0 Å². The highest BCUT2D eigenvalue weighted by Crippen LogP contribution is 2.20. The van der Waals surface area contributed by atoms with E-state index < -0.39 is 36.0 Å². The molecule has 10 nitrogen and oxygen atoms in total. The van der Waals surface area contributed by atoms with E-state index in [2.05, 4.69) is 15.6 Å². The van der Waals surface area contributed by atoms with Crippen LogP contribution in [0.15, 0.2) is 121 Å². The third-order valence-corrected chi connectivity index (χ3v) is 7.62. The van der Waals surface area contributed by atoms with E-state index in [9.17, 15) is 19.2 Å². The molecule has 5 rings (SSSR count). The number of nitrogens with one attached hydrogen (secondary N) is 3. The standard InChI is InChI=1S/C38H37N3O7/c42-35(46-24-27-12-4-1-5-13-27)21-20-33(37(44)47-25-28-14-6-2-7-15-28)40-36(43)34(22-30-23-39-32-19-11-10-18-31(30)32)41-38(45)48-26-29-16-8-3-9-17-29/h1-19,23,33-34,39H,20-22,24-26H2,(H,40,43)(H,41,45)/t33-,34+/m0/s1. The maximum absolute atomic E-state index is 13.8. The number of hydrogen-bond donors (Lipinski definition) is 3. The van der Waals surface area contributed by atoms with Crippen molar-refractivity contribution >= 4 is 34.8 Å². The van der Waals surface area contributed by atoms with Crippen molar-refractivity contribution in [2.24, 2.45) is 0 Å². The first kappa shape index (κ1) is 33.5. The fourth-order valence-electron chi connectivity index (χ4n) is 5.06. The van der Waals surface area contributed by atoms with E-state index in [1.807, 2.05) is 115 Å². The van der Waals surface area contributed by atoms with E-state index in [4.69, 9.17) is 14.2 Å². The van der Waals surface area contributed by atoms with Crippen LogP contribution in [0.2, 0.25) is 0 Å². The van der Waals surface area contributed by atoms with Gasteiger partial charge >= 0.3 is 18.0 Å². The number of aromatic amines is 1. The summed E-state index contributed by atoms with van der Waals surface area (Å²) in [5, 5.41) is 6.27. The molecule has 0 saturated carbocycles. The summed E-state index contributed by atoms with van der Waals surface area (Å²) in [6.07, 6.45) is 0.840. The van der Waals surface area contributed by atoms with Crippen molar-refractivity contribution in [3.8, 4) is 0 Å². The van der Waals surface area contributed by atoms with Crippen LogP contribution < -0.4 is 10.6 Å². The fraction of sp³-hybridized carbons (Fsp3) is 0.211. The topological polar surface area (TPSA) is 136 Å². The molecular formula is C38H37N3O7. The van der Waals surface area contributed by atoms with Crippen molar-refractivity contribution in [3.63, 3.8) is 0 Å². The monoisotopic (exact) mass is 647 g/mol. The summed E-state index contributed by atoms with van der Waals surface area (Å²) < 4.78 is 16.3. The largest absolute Gasteiger partial charge is 0.461 e. The lowest BCUT2D eigenvalue weighted by atomic mass is 10.0. The molecule has 0 aliphatic carbocycles. The second kappa shape index (κ2) is 17.1. The lowest BCUT2D eigenvalue weighted by molar-refractivity contribution is -0.150. The number of benzene rings is 4. The number of carbonyl (C=O) groups is 4. The maximum atomic E-state index is 13.8. The zero-order valence-corrected chi connectivity index (χ0v) is 26.3. The summed E-state index contributed by atoms with van der Waals surface area (Å²) in [6, 6.07) is 32.8. The van der Waals surface area contributed by atoms with Crippen LogP contribution in [0.1, 0.15) is 35.1 Å².